The topological polar surface area (TPSA) is 25.2 Å². The molecule has 2 nitrogen and oxygen atoms in total. The number of hydrogen-bond acceptors (Lipinski definition) is 2. The van der Waals surface area contributed by atoms with Gasteiger partial charge in [-0.3, -0.25) is 9.98 Å². The molecule has 2 rings (SSSR count). The van der Waals surface area contributed by atoms with Crippen LogP contribution >= 0.6 is 0 Å². The normalized spacial score (nSPS) is 11.5. The molecule has 0 N–H and O–H groups in total. The first-order valence-corrected chi connectivity index (χ1v) is 5.29. The summed E-state index contributed by atoms with van der Waals surface area (Å²) in [7, 11) is 0. The van der Waals surface area contributed by atoms with Crippen molar-refractivity contribution in [3.63, 3.8) is 0 Å². The Labute approximate surface area is 95.7 Å². The molecule has 0 aliphatic heterocycles. The molecule has 0 aliphatic carbocycles. The van der Waals surface area contributed by atoms with Crippen molar-refractivity contribution in [3.05, 3.63) is 59.9 Å². The zero-order valence-electron chi connectivity index (χ0n) is 9.51. The Balaban J connectivity index is 2.32. The summed E-state index contributed by atoms with van der Waals surface area (Å²) < 4.78 is 0. The molecule has 80 valence electrons. The molecule has 0 amide bonds. The number of nitrogens with zero attached hydrogens (tertiary/aromatic N) is 2. The number of benzene rings is 1. The zero-order valence-corrected chi connectivity index (χ0v) is 9.51. The molecule has 0 saturated carbocycles. The minimum atomic E-state index is 0.920. The highest BCUT2D eigenvalue weighted by Gasteiger charge is 1.97. The maximum Gasteiger partial charge on any atom is 0.0841 e. The van der Waals surface area contributed by atoms with Crippen molar-refractivity contribution >= 4 is 11.4 Å². The predicted molar refractivity (Wildman–Crippen MR) is 67.3 cm³/mol. The number of aromatic nitrogens is 1. The molecule has 0 bridgehead atoms. The van der Waals surface area contributed by atoms with Crippen LogP contribution in [0.4, 0.5) is 5.69 Å². The van der Waals surface area contributed by atoms with Crippen LogP contribution in [0.25, 0.3) is 0 Å². The van der Waals surface area contributed by atoms with Crippen LogP contribution < -0.4 is 0 Å². The third-order valence-electron chi connectivity index (χ3n) is 2.33. The second-order valence-corrected chi connectivity index (χ2v) is 3.75. The molecule has 0 aliphatic rings. The minimum Gasteiger partial charge on any atom is -0.255 e. The van der Waals surface area contributed by atoms with Crippen LogP contribution in [0, 0.1) is 6.92 Å². The van der Waals surface area contributed by atoms with Gasteiger partial charge in [0.15, 0.2) is 0 Å². The van der Waals surface area contributed by atoms with Gasteiger partial charge in [0.1, 0.15) is 0 Å². The second kappa shape index (κ2) is 4.71. The summed E-state index contributed by atoms with van der Waals surface area (Å²) in [6, 6.07) is 14.0. The van der Waals surface area contributed by atoms with Crippen LogP contribution in [-0.2, 0) is 0 Å². The summed E-state index contributed by atoms with van der Waals surface area (Å²) in [4.78, 5) is 8.81. The predicted octanol–water partition coefficient (Wildman–Crippen LogP) is 3.53. The third-order valence-corrected chi connectivity index (χ3v) is 2.33. The van der Waals surface area contributed by atoms with E-state index in [2.05, 4.69) is 29.0 Å². The lowest BCUT2D eigenvalue weighted by atomic mass is 10.2. The molecule has 2 aromatic rings. The van der Waals surface area contributed by atoms with Gasteiger partial charge in [0.05, 0.1) is 17.1 Å². The van der Waals surface area contributed by atoms with Gasteiger partial charge in [0.25, 0.3) is 0 Å². The Bertz CT molecular complexity index is 501. The van der Waals surface area contributed by atoms with Gasteiger partial charge in [-0.2, -0.15) is 0 Å². The van der Waals surface area contributed by atoms with E-state index in [1.807, 2.05) is 37.3 Å². The molecular formula is C14H14N2. The monoisotopic (exact) mass is 210 g/mol. The van der Waals surface area contributed by atoms with E-state index in [0.717, 1.165) is 17.1 Å². The fourth-order valence-corrected chi connectivity index (χ4v) is 1.53. The van der Waals surface area contributed by atoms with Crippen LogP contribution in [0.1, 0.15) is 18.2 Å². The van der Waals surface area contributed by atoms with E-state index in [1.165, 1.54) is 5.56 Å². The molecule has 16 heavy (non-hydrogen) atoms. The summed E-state index contributed by atoms with van der Waals surface area (Å²) >= 11 is 0. The van der Waals surface area contributed by atoms with Crippen molar-refractivity contribution in [2.24, 2.45) is 4.99 Å². The highest BCUT2D eigenvalue weighted by atomic mass is 14.8. The highest BCUT2D eigenvalue weighted by Crippen LogP contribution is 2.14. The molecule has 2 heteroatoms. The summed E-state index contributed by atoms with van der Waals surface area (Å²) in [6.07, 6.45) is 1.78. The van der Waals surface area contributed by atoms with Crippen molar-refractivity contribution in [1.82, 2.24) is 4.98 Å². The SMILES string of the molecule is C/C(=N\c1cccc(C)c1)c1ccccn1. The standard InChI is InChI=1S/C14H14N2/c1-11-6-5-7-13(10-11)16-12(2)14-8-3-4-9-15-14/h3-10H,1-2H3/b16-12+. The van der Waals surface area contributed by atoms with Crippen LogP contribution in [0.5, 0.6) is 0 Å². The molecule has 1 aromatic heterocycles. The van der Waals surface area contributed by atoms with Crippen molar-refractivity contribution in [2.75, 3.05) is 0 Å². The van der Waals surface area contributed by atoms with Gasteiger partial charge in [-0.05, 0) is 43.7 Å². The fourth-order valence-electron chi connectivity index (χ4n) is 1.53. The van der Waals surface area contributed by atoms with Gasteiger partial charge in [0, 0.05) is 6.20 Å². The van der Waals surface area contributed by atoms with Gasteiger partial charge in [-0.25, -0.2) is 0 Å². The van der Waals surface area contributed by atoms with Crippen molar-refractivity contribution in [3.8, 4) is 0 Å². The van der Waals surface area contributed by atoms with E-state index in [4.69, 9.17) is 0 Å². The highest BCUT2D eigenvalue weighted by molar-refractivity contribution is 5.98. The molecule has 0 fully saturated rings. The molecule has 0 radical (unpaired) electrons. The molecule has 0 unspecified atom stereocenters. The Morgan fingerprint density at radius 2 is 2.00 bits per heavy atom. The maximum atomic E-state index is 4.54. The average Bonchev–Trinajstić information content (AvgIpc) is 2.30. The number of aliphatic imine (C=N–C) groups is 1. The van der Waals surface area contributed by atoms with Crippen LogP contribution in [0.2, 0.25) is 0 Å². The first-order chi connectivity index (χ1) is 7.75. The largest absolute Gasteiger partial charge is 0.255 e. The average molecular weight is 210 g/mol. The Hall–Kier alpha value is -1.96. The molecule has 0 spiro atoms. The van der Waals surface area contributed by atoms with Crippen LogP contribution in [0.3, 0.4) is 0 Å². The first kappa shape index (κ1) is 10.6. The van der Waals surface area contributed by atoms with Gasteiger partial charge in [0.2, 0.25) is 0 Å². The Kier molecular flexibility index (Phi) is 3.10. The molecule has 1 aromatic carbocycles. The summed E-state index contributed by atoms with van der Waals surface area (Å²) in [6.45, 7) is 4.04. The fraction of sp³-hybridized carbons (Fsp3) is 0.143. The Morgan fingerprint density at radius 3 is 2.69 bits per heavy atom. The lowest BCUT2D eigenvalue weighted by Crippen LogP contribution is -1.96. The summed E-state index contributed by atoms with van der Waals surface area (Å²) in [5, 5.41) is 0. The molecule has 0 saturated heterocycles. The van der Waals surface area contributed by atoms with Crippen molar-refractivity contribution in [1.29, 1.82) is 0 Å². The number of hydrogen-bond donors (Lipinski definition) is 0. The quantitative estimate of drug-likeness (QED) is 0.696. The van der Waals surface area contributed by atoms with E-state index in [-0.39, 0.29) is 0 Å². The van der Waals surface area contributed by atoms with Crippen LogP contribution in [-0.4, -0.2) is 10.7 Å². The molecule has 1 heterocycles. The number of rotatable bonds is 2. The van der Waals surface area contributed by atoms with E-state index in [1.54, 1.807) is 6.20 Å². The summed E-state index contributed by atoms with van der Waals surface area (Å²) in [5.74, 6) is 0. The smallest absolute Gasteiger partial charge is 0.0841 e. The molecular weight excluding hydrogens is 196 g/mol. The van der Waals surface area contributed by atoms with Crippen LogP contribution in [0.15, 0.2) is 53.7 Å². The van der Waals surface area contributed by atoms with Crippen molar-refractivity contribution in [2.45, 2.75) is 13.8 Å². The van der Waals surface area contributed by atoms with Gasteiger partial charge >= 0.3 is 0 Å². The van der Waals surface area contributed by atoms with Gasteiger partial charge in [-0.1, -0.05) is 18.2 Å². The lowest BCUT2D eigenvalue weighted by molar-refractivity contribution is 1.28. The van der Waals surface area contributed by atoms with E-state index >= 15 is 0 Å². The maximum absolute atomic E-state index is 4.54. The second-order valence-electron chi connectivity index (χ2n) is 3.75. The zero-order chi connectivity index (χ0) is 11.4. The molecule has 0 atom stereocenters. The first-order valence-electron chi connectivity index (χ1n) is 5.29. The van der Waals surface area contributed by atoms with Crippen molar-refractivity contribution < 1.29 is 0 Å². The number of pyridine rings is 1. The Morgan fingerprint density at radius 1 is 1.12 bits per heavy atom. The lowest BCUT2D eigenvalue weighted by Gasteiger charge is -2.00. The minimum absolute atomic E-state index is 0.920. The van der Waals surface area contributed by atoms with E-state index < -0.39 is 0 Å². The number of aryl methyl sites for hydroxylation is 1. The summed E-state index contributed by atoms with van der Waals surface area (Å²) in [5.41, 5.74) is 4.05. The van der Waals surface area contributed by atoms with E-state index in [0.29, 0.717) is 0 Å². The van der Waals surface area contributed by atoms with Gasteiger partial charge in [-0.15, -0.1) is 0 Å². The third kappa shape index (κ3) is 2.54. The van der Waals surface area contributed by atoms with Gasteiger partial charge < -0.3 is 0 Å². The van der Waals surface area contributed by atoms with E-state index in [9.17, 15) is 0 Å².